The van der Waals surface area contributed by atoms with E-state index in [1.165, 1.54) is 31.7 Å². The molecule has 0 N–H and O–H groups in total. The van der Waals surface area contributed by atoms with Gasteiger partial charge >= 0.3 is 0 Å². The van der Waals surface area contributed by atoms with Crippen LogP contribution in [0.3, 0.4) is 0 Å². The number of likely N-dealkylation sites (N-methyl/N-ethyl adjacent to an activating group) is 1. The van der Waals surface area contributed by atoms with Gasteiger partial charge in [-0.3, -0.25) is 4.90 Å². The summed E-state index contributed by atoms with van der Waals surface area (Å²) in [6.07, 6.45) is 0. The number of hydrogen-bond acceptors (Lipinski definition) is 2. The Hall–Kier alpha value is -0.380. The molecule has 0 aliphatic carbocycles. The van der Waals surface area contributed by atoms with Gasteiger partial charge in [-0.2, -0.15) is 0 Å². The van der Waals surface area contributed by atoms with Crippen molar-refractivity contribution >= 4 is 15.9 Å². The highest BCUT2D eigenvalue weighted by Gasteiger charge is 2.19. The highest BCUT2D eigenvalue weighted by atomic mass is 79.9. The summed E-state index contributed by atoms with van der Waals surface area (Å²) in [5.41, 5.74) is 1.41. The number of rotatable bonds is 2. The van der Waals surface area contributed by atoms with E-state index in [0.29, 0.717) is 6.04 Å². The molecular weight excluding hydrogens is 264 g/mol. The van der Waals surface area contributed by atoms with Crippen molar-refractivity contribution in [2.24, 2.45) is 0 Å². The molecule has 1 aliphatic rings. The second kappa shape index (κ2) is 5.30. The predicted octanol–water partition coefficient (Wildman–Crippen LogP) is 2.76. The number of halogens is 1. The van der Waals surface area contributed by atoms with Gasteiger partial charge in [0.25, 0.3) is 0 Å². The quantitative estimate of drug-likeness (QED) is 0.823. The highest BCUT2D eigenvalue weighted by Crippen LogP contribution is 2.22. The minimum atomic E-state index is 0.529. The van der Waals surface area contributed by atoms with Gasteiger partial charge in [-0.25, -0.2) is 0 Å². The van der Waals surface area contributed by atoms with E-state index >= 15 is 0 Å². The Kier molecular flexibility index (Phi) is 4.00. The van der Waals surface area contributed by atoms with E-state index in [-0.39, 0.29) is 0 Å². The summed E-state index contributed by atoms with van der Waals surface area (Å²) >= 11 is 3.48. The van der Waals surface area contributed by atoms with Crippen LogP contribution in [-0.4, -0.2) is 43.0 Å². The van der Waals surface area contributed by atoms with Crippen LogP contribution < -0.4 is 0 Å². The maximum Gasteiger partial charge on any atom is 0.0320 e. The summed E-state index contributed by atoms with van der Waals surface area (Å²) in [7, 11) is 2.20. The third-order valence-corrected chi connectivity index (χ3v) is 3.97. The van der Waals surface area contributed by atoms with E-state index in [4.69, 9.17) is 0 Å². The largest absolute Gasteiger partial charge is 0.304 e. The van der Waals surface area contributed by atoms with Crippen molar-refractivity contribution in [2.75, 3.05) is 33.2 Å². The zero-order valence-electron chi connectivity index (χ0n) is 9.99. The van der Waals surface area contributed by atoms with Gasteiger partial charge < -0.3 is 4.90 Å². The molecule has 1 aromatic carbocycles. The molecule has 0 amide bonds. The Morgan fingerprint density at radius 2 is 1.62 bits per heavy atom. The molecule has 1 saturated heterocycles. The van der Waals surface area contributed by atoms with Gasteiger partial charge in [0.05, 0.1) is 0 Å². The Labute approximate surface area is 106 Å². The summed E-state index contributed by atoms with van der Waals surface area (Å²) in [5.74, 6) is 0. The third-order valence-electron chi connectivity index (χ3n) is 3.44. The highest BCUT2D eigenvalue weighted by molar-refractivity contribution is 9.10. The summed E-state index contributed by atoms with van der Waals surface area (Å²) < 4.78 is 1.15. The van der Waals surface area contributed by atoms with Gasteiger partial charge in [0.15, 0.2) is 0 Å². The number of benzene rings is 1. The van der Waals surface area contributed by atoms with Crippen molar-refractivity contribution < 1.29 is 0 Å². The molecule has 88 valence electrons. The van der Waals surface area contributed by atoms with Crippen LogP contribution in [0, 0.1) is 0 Å². The summed E-state index contributed by atoms with van der Waals surface area (Å²) in [5, 5.41) is 0. The average molecular weight is 283 g/mol. The van der Waals surface area contributed by atoms with Crippen LogP contribution in [0.4, 0.5) is 0 Å². The molecule has 1 heterocycles. The standard InChI is InChI=1S/C13H19BrN2/c1-11(12-3-5-13(14)6-4-12)16-9-7-15(2)8-10-16/h3-6,11H,7-10H2,1-2H3/t11-/m0/s1. The van der Waals surface area contributed by atoms with Crippen molar-refractivity contribution in [3.8, 4) is 0 Å². The molecular formula is C13H19BrN2. The van der Waals surface area contributed by atoms with Gasteiger partial charge in [0.2, 0.25) is 0 Å². The Morgan fingerprint density at radius 1 is 1.06 bits per heavy atom. The lowest BCUT2D eigenvalue weighted by molar-refractivity contribution is 0.119. The third kappa shape index (κ3) is 2.84. The van der Waals surface area contributed by atoms with E-state index in [0.717, 1.165) is 4.47 Å². The van der Waals surface area contributed by atoms with E-state index in [9.17, 15) is 0 Å². The van der Waals surface area contributed by atoms with Crippen LogP contribution in [0.5, 0.6) is 0 Å². The molecule has 1 aromatic rings. The molecule has 2 nitrogen and oxygen atoms in total. The molecule has 3 heteroatoms. The van der Waals surface area contributed by atoms with Crippen LogP contribution >= 0.6 is 15.9 Å². The van der Waals surface area contributed by atoms with E-state index in [1.54, 1.807) is 0 Å². The second-order valence-corrected chi connectivity index (χ2v) is 5.48. The number of hydrogen-bond donors (Lipinski definition) is 0. The summed E-state index contributed by atoms with van der Waals surface area (Å²) in [4.78, 5) is 4.95. The van der Waals surface area contributed by atoms with Gasteiger partial charge in [-0.1, -0.05) is 28.1 Å². The zero-order chi connectivity index (χ0) is 11.5. The van der Waals surface area contributed by atoms with Gasteiger partial charge in [-0.05, 0) is 31.7 Å². The smallest absolute Gasteiger partial charge is 0.0320 e. The van der Waals surface area contributed by atoms with E-state index in [1.807, 2.05) is 0 Å². The first kappa shape index (κ1) is 12.1. The van der Waals surface area contributed by atoms with Crippen LogP contribution in [0.1, 0.15) is 18.5 Å². The fourth-order valence-corrected chi connectivity index (χ4v) is 2.43. The predicted molar refractivity (Wildman–Crippen MR) is 71.6 cm³/mol. The normalized spacial score (nSPS) is 20.9. The lowest BCUT2D eigenvalue weighted by Gasteiger charge is -2.36. The van der Waals surface area contributed by atoms with Crippen molar-refractivity contribution in [3.63, 3.8) is 0 Å². The molecule has 0 radical (unpaired) electrons. The van der Waals surface area contributed by atoms with Crippen molar-refractivity contribution in [2.45, 2.75) is 13.0 Å². The maximum absolute atomic E-state index is 3.48. The molecule has 0 saturated carbocycles. The van der Waals surface area contributed by atoms with Crippen LogP contribution in [-0.2, 0) is 0 Å². The first-order chi connectivity index (χ1) is 7.66. The van der Waals surface area contributed by atoms with Gasteiger partial charge in [0.1, 0.15) is 0 Å². The Bertz CT molecular complexity index is 328. The lowest BCUT2D eigenvalue weighted by Crippen LogP contribution is -2.45. The van der Waals surface area contributed by atoms with Crippen LogP contribution in [0.25, 0.3) is 0 Å². The van der Waals surface area contributed by atoms with Gasteiger partial charge in [0, 0.05) is 36.7 Å². The zero-order valence-corrected chi connectivity index (χ0v) is 11.6. The van der Waals surface area contributed by atoms with Gasteiger partial charge in [-0.15, -0.1) is 0 Å². The molecule has 16 heavy (non-hydrogen) atoms. The minimum absolute atomic E-state index is 0.529. The van der Waals surface area contributed by atoms with E-state index < -0.39 is 0 Å². The van der Waals surface area contributed by atoms with Crippen LogP contribution in [0.15, 0.2) is 28.7 Å². The Balaban J connectivity index is 2.01. The fourth-order valence-electron chi connectivity index (χ4n) is 2.16. The summed E-state index contributed by atoms with van der Waals surface area (Å²) in [6.45, 7) is 7.01. The first-order valence-corrected chi connectivity index (χ1v) is 6.64. The minimum Gasteiger partial charge on any atom is -0.304 e. The molecule has 1 atom stereocenters. The molecule has 0 unspecified atom stereocenters. The lowest BCUT2D eigenvalue weighted by atomic mass is 10.1. The summed E-state index contributed by atoms with van der Waals surface area (Å²) in [6, 6.07) is 9.21. The molecule has 0 spiro atoms. The average Bonchev–Trinajstić information content (AvgIpc) is 2.30. The fraction of sp³-hybridized carbons (Fsp3) is 0.538. The van der Waals surface area contributed by atoms with Crippen molar-refractivity contribution in [3.05, 3.63) is 34.3 Å². The monoisotopic (exact) mass is 282 g/mol. The molecule has 2 rings (SSSR count). The molecule has 0 bridgehead atoms. The van der Waals surface area contributed by atoms with Crippen molar-refractivity contribution in [1.82, 2.24) is 9.80 Å². The molecule has 1 fully saturated rings. The maximum atomic E-state index is 3.48. The molecule has 0 aromatic heterocycles. The first-order valence-electron chi connectivity index (χ1n) is 5.85. The second-order valence-electron chi connectivity index (χ2n) is 4.57. The van der Waals surface area contributed by atoms with Crippen LogP contribution in [0.2, 0.25) is 0 Å². The topological polar surface area (TPSA) is 6.48 Å². The van der Waals surface area contributed by atoms with Crippen molar-refractivity contribution in [1.29, 1.82) is 0 Å². The molecule has 1 aliphatic heterocycles. The SMILES string of the molecule is C[C@@H](c1ccc(Br)cc1)N1CCN(C)CC1. The van der Waals surface area contributed by atoms with E-state index in [2.05, 4.69) is 64.0 Å². The number of nitrogens with zero attached hydrogens (tertiary/aromatic N) is 2. The Morgan fingerprint density at radius 3 is 2.19 bits per heavy atom. The number of piperazine rings is 1.